The Morgan fingerprint density at radius 3 is 2.69 bits per heavy atom. The van der Waals surface area contributed by atoms with Crippen LogP contribution in [0.2, 0.25) is 0 Å². The Hall–Kier alpha value is -1.93. The van der Waals surface area contributed by atoms with Crippen molar-refractivity contribution in [3.8, 4) is 0 Å². The molecule has 2 aromatic rings. The second kappa shape index (κ2) is 10.2. The molecule has 1 aromatic heterocycles. The minimum atomic E-state index is 0.0127. The van der Waals surface area contributed by atoms with Gasteiger partial charge in [0.1, 0.15) is 0 Å². The number of rotatable bonds is 8. The molecule has 7 heteroatoms. The van der Waals surface area contributed by atoms with Gasteiger partial charge in [-0.15, -0.1) is 11.3 Å². The number of thiophene rings is 1. The van der Waals surface area contributed by atoms with Crippen LogP contribution in [0.15, 0.2) is 41.8 Å². The van der Waals surface area contributed by atoms with Crippen molar-refractivity contribution in [2.45, 2.75) is 25.5 Å². The lowest BCUT2D eigenvalue weighted by Gasteiger charge is -2.29. The Labute approximate surface area is 176 Å². The molecule has 0 spiro atoms. The van der Waals surface area contributed by atoms with Gasteiger partial charge in [-0.25, -0.2) is 0 Å². The normalized spacial score (nSPS) is 19.6. The van der Waals surface area contributed by atoms with Gasteiger partial charge in [-0.3, -0.25) is 9.69 Å². The first-order chi connectivity index (χ1) is 14.3. The molecule has 2 aliphatic rings. The van der Waals surface area contributed by atoms with Crippen molar-refractivity contribution in [2.24, 2.45) is 0 Å². The van der Waals surface area contributed by atoms with E-state index in [0.717, 1.165) is 64.5 Å². The maximum atomic E-state index is 12.7. The van der Waals surface area contributed by atoms with Crippen molar-refractivity contribution < 1.29 is 14.3 Å². The molecule has 2 saturated heterocycles. The summed E-state index contributed by atoms with van der Waals surface area (Å²) in [6.45, 7) is 6.12. The van der Waals surface area contributed by atoms with E-state index in [-0.39, 0.29) is 12.0 Å². The zero-order valence-electron chi connectivity index (χ0n) is 16.7. The minimum Gasteiger partial charge on any atom is -0.378 e. The molecule has 1 N–H and O–H groups in total. The smallest absolute Gasteiger partial charge is 0.238 e. The Morgan fingerprint density at radius 2 is 2.00 bits per heavy atom. The van der Waals surface area contributed by atoms with Crippen LogP contribution in [0.1, 0.15) is 17.7 Å². The number of benzene rings is 1. The molecule has 4 rings (SSSR count). The Bertz CT molecular complexity index is 754. The van der Waals surface area contributed by atoms with Crippen molar-refractivity contribution in [1.29, 1.82) is 0 Å². The van der Waals surface area contributed by atoms with Crippen LogP contribution >= 0.6 is 11.3 Å². The number of morpholine rings is 1. The molecule has 0 unspecified atom stereocenters. The second-order valence-electron chi connectivity index (χ2n) is 7.58. The van der Waals surface area contributed by atoms with Crippen molar-refractivity contribution >= 4 is 28.6 Å². The summed E-state index contributed by atoms with van der Waals surface area (Å²) >= 11 is 1.73. The fraction of sp³-hybridized carbons (Fsp3) is 0.500. The summed E-state index contributed by atoms with van der Waals surface area (Å²) in [5.41, 5.74) is 2.00. The third-order valence-corrected chi connectivity index (χ3v) is 6.20. The van der Waals surface area contributed by atoms with Crippen molar-refractivity contribution in [1.82, 2.24) is 4.90 Å². The predicted molar refractivity (Wildman–Crippen MR) is 117 cm³/mol. The van der Waals surface area contributed by atoms with E-state index < -0.39 is 0 Å². The molecule has 0 radical (unpaired) electrons. The molecule has 2 aliphatic heterocycles. The summed E-state index contributed by atoms with van der Waals surface area (Å²) < 4.78 is 11.2. The van der Waals surface area contributed by atoms with E-state index in [9.17, 15) is 4.79 Å². The molecule has 2 fully saturated rings. The van der Waals surface area contributed by atoms with Crippen LogP contribution in [0, 0.1) is 0 Å². The highest BCUT2D eigenvalue weighted by molar-refractivity contribution is 7.09. The van der Waals surface area contributed by atoms with Gasteiger partial charge in [-0.2, -0.15) is 0 Å². The van der Waals surface area contributed by atoms with Crippen LogP contribution in [0.5, 0.6) is 0 Å². The number of hydrogen-bond acceptors (Lipinski definition) is 6. The van der Waals surface area contributed by atoms with Gasteiger partial charge in [-0.1, -0.05) is 6.07 Å². The number of carbonyl (C=O) groups is 1. The molecule has 1 amide bonds. The molecule has 0 bridgehead atoms. The lowest BCUT2D eigenvalue weighted by molar-refractivity contribution is -0.117. The lowest BCUT2D eigenvalue weighted by Crippen LogP contribution is -2.37. The number of ether oxygens (including phenoxy) is 2. The van der Waals surface area contributed by atoms with Crippen LogP contribution in [0.4, 0.5) is 11.4 Å². The summed E-state index contributed by atoms with van der Waals surface area (Å²) in [6, 6.07) is 12.3. The summed E-state index contributed by atoms with van der Waals surface area (Å²) in [4.78, 5) is 18.5. The maximum Gasteiger partial charge on any atom is 0.238 e. The maximum absolute atomic E-state index is 12.7. The lowest BCUT2D eigenvalue weighted by atomic mass is 10.2. The molecule has 6 nitrogen and oxygen atoms in total. The molecular formula is C22H29N3O3S. The number of anilines is 2. The summed E-state index contributed by atoms with van der Waals surface area (Å²) in [5.74, 6) is 0.0127. The van der Waals surface area contributed by atoms with Gasteiger partial charge >= 0.3 is 0 Å². The standard InChI is InChI=1S/C22H29N3O3S/c26-22(23-18-5-7-19(8-6-18)25-9-12-27-13-10-25)17-24(15-20-3-1-11-28-20)16-21-4-2-14-29-21/h2,4-8,14,20H,1,3,9-13,15-17H2,(H,23,26)/t20-/m0/s1. The van der Waals surface area contributed by atoms with E-state index in [0.29, 0.717) is 6.54 Å². The van der Waals surface area contributed by atoms with E-state index in [4.69, 9.17) is 9.47 Å². The van der Waals surface area contributed by atoms with E-state index >= 15 is 0 Å². The number of nitrogens with zero attached hydrogens (tertiary/aromatic N) is 2. The molecule has 1 atom stereocenters. The molecule has 0 aliphatic carbocycles. The molecule has 156 valence electrons. The summed E-state index contributed by atoms with van der Waals surface area (Å²) in [7, 11) is 0. The van der Waals surface area contributed by atoms with Gasteiger partial charge in [-0.05, 0) is 48.6 Å². The van der Waals surface area contributed by atoms with Crippen LogP contribution < -0.4 is 10.2 Å². The quantitative estimate of drug-likeness (QED) is 0.718. The Balaban J connectivity index is 1.32. The molecule has 0 saturated carbocycles. The minimum absolute atomic E-state index is 0.0127. The van der Waals surface area contributed by atoms with Gasteiger partial charge in [0.05, 0.1) is 25.9 Å². The topological polar surface area (TPSA) is 54.0 Å². The molecular weight excluding hydrogens is 386 g/mol. The van der Waals surface area contributed by atoms with E-state index in [1.165, 1.54) is 10.6 Å². The van der Waals surface area contributed by atoms with Crippen molar-refractivity contribution in [2.75, 3.05) is 56.2 Å². The van der Waals surface area contributed by atoms with E-state index in [2.05, 4.69) is 44.8 Å². The molecule has 29 heavy (non-hydrogen) atoms. The number of hydrogen-bond donors (Lipinski definition) is 1. The van der Waals surface area contributed by atoms with Gasteiger partial charge < -0.3 is 19.7 Å². The third kappa shape index (κ3) is 6.02. The number of amides is 1. The van der Waals surface area contributed by atoms with Gasteiger partial charge in [0.2, 0.25) is 5.91 Å². The van der Waals surface area contributed by atoms with Gasteiger partial charge in [0.25, 0.3) is 0 Å². The zero-order chi connectivity index (χ0) is 19.9. The zero-order valence-corrected chi connectivity index (χ0v) is 17.5. The Kier molecular flexibility index (Phi) is 7.16. The summed E-state index contributed by atoms with van der Waals surface area (Å²) in [5, 5.41) is 5.12. The van der Waals surface area contributed by atoms with Crippen LogP contribution in [0.3, 0.4) is 0 Å². The first-order valence-corrected chi connectivity index (χ1v) is 11.2. The van der Waals surface area contributed by atoms with Crippen LogP contribution in [-0.2, 0) is 20.8 Å². The van der Waals surface area contributed by atoms with Crippen molar-refractivity contribution in [3.05, 3.63) is 46.7 Å². The fourth-order valence-corrected chi connectivity index (χ4v) is 4.61. The molecule has 1 aromatic carbocycles. The van der Waals surface area contributed by atoms with Gasteiger partial charge in [0, 0.05) is 49.0 Å². The average molecular weight is 416 g/mol. The van der Waals surface area contributed by atoms with Gasteiger partial charge in [0.15, 0.2) is 0 Å². The number of carbonyl (C=O) groups excluding carboxylic acids is 1. The first-order valence-electron chi connectivity index (χ1n) is 10.4. The highest BCUT2D eigenvalue weighted by Gasteiger charge is 2.21. The predicted octanol–water partition coefficient (Wildman–Crippen LogP) is 3.20. The fourth-order valence-electron chi connectivity index (χ4n) is 3.86. The molecule has 3 heterocycles. The average Bonchev–Trinajstić information content (AvgIpc) is 3.43. The Morgan fingerprint density at radius 1 is 1.17 bits per heavy atom. The van der Waals surface area contributed by atoms with E-state index in [1.807, 2.05) is 12.1 Å². The SMILES string of the molecule is O=C(CN(Cc1cccs1)C[C@@H]1CCCO1)Nc1ccc(N2CCOCC2)cc1. The first kappa shape index (κ1) is 20.3. The van der Waals surface area contributed by atoms with Crippen molar-refractivity contribution in [3.63, 3.8) is 0 Å². The van der Waals surface area contributed by atoms with Crippen LogP contribution in [0.25, 0.3) is 0 Å². The van der Waals surface area contributed by atoms with Crippen LogP contribution in [-0.4, -0.2) is 62.9 Å². The highest BCUT2D eigenvalue weighted by Crippen LogP contribution is 2.20. The highest BCUT2D eigenvalue weighted by atomic mass is 32.1. The summed E-state index contributed by atoms with van der Waals surface area (Å²) in [6.07, 6.45) is 2.42. The third-order valence-electron chi connectivity index (χ3n) is 5.34. The second-order valence-corrected chi connectivity index (χ2v) is 8.61. The van der Waals surface area contributed by atoms with E-state index in [1.54, 1.807) is 11.3 Å². The largest absolute Gasteiger partial charge is 0.378 e. The number of nitrogens with one attached hydrogen (secondary N) is 1. The monoisotopic (exact) mass is 415 g/mol.